The lowest BCUT2D eigenvalue weighted by Gasteiger charge is -2.20. The van der Waals surface area contributed by atoms with Crippen LogP contribution >= 0.6 is 11.8 Å². The normalized spacial score (nSPS) is 13.8. The zero-order valence-corrected chi connectivity index (χ0v) is 13.9. The van der Waals surface area contributed by atoms with Crippen LogP contribution in [0, 0.1) is 0 Å². The molecule has 2 N–H and O–H groups in total. The Morgan fingerprint density at radius 3 is 2.74 bits per heavy atom. The van der Waals surface area contributed by atoms with Gasteiger partial charge >= 0.3 is 12.0 Å². The number of hydrogen-bond acceptors (Lipinski definition) is 6. The molecule has 0 radical (unpaired) electrons. The summed E-state index contributed by atoms with van der Waals surface area (Å²) in [4.78, 5) is 23.8. The fourth-order valence-electron chi connectivity index (χ4n) is 2.07. The van der Waals surface area contributed by atoms with Gasteiger partial charge in [0.1, 0.15) is 19.3 Å². The molecule has 1 aromatic rings. The van der Waals surface area contributed by atoms with Crippen LogP contribution in [0.15, 0.2) is 18.2 Å². The molecule has 2 amide bonds. The van der Waals surface area contributed by atoms with Gasteiger partial charge in [0, 0.05) is 11.8 Å². The Hall–Kier alpha value is -2.09. The van der Waals surface area contributed by atoms with Gasteiger partial charge in [-0.2, -0.15) is 11.8 Å². The average Bonchev–Trinajstić information content (AvgIpc) is 2.57. The summed E-state index contributed by atoms with van der Waals surface area (Å²) in [6.07, 6.45) is 2.44. The number of ether oxygens (including phenoxy) is 3. The van der Waals surface area contributed by atoms with Crippen molar-refractivity contribution in [1.82, 2.24) is 5.32 Å². The van der Waals surface area contributed by atoms with E-state index in [0.717, 1.165) is 5.75 Å². The average molecular weight is 340 g/mol. The molecule has 0 saturated carbocycles. The summed E-state index contributed by atoms with van der Waals surface area (Å²) in [5.74, 6) is 1.51. The molecule has 8 heteroatoms. The molecule has 0 saturated heterocycles. The number of benzene rings is 1. The quantitative estimate of drug-likeness (QED) is 0.769. The third-order valence-corrected chi connectivity index (χ3v) is 3.85. The number of urea groups is 1. The highest BCUT2D eigenvalue weighted by atomic mass is 32.2. The van der Waals surface area contributed by atoms with Crippen molar-refractivity contribution in [2.75, 3.05) is 37.6 Å². The van der Waals surface area contributed by atoms with Crippen molar-refractivity contribution in [3.05, 3.63) is 18.2 Å². The molecule has 0 unspecified atom stereocenters. The van der Waals surface area contributed by atoms with Crippen LogP contribution in [0.5, 0.6) is 11.5 Å². The van der Waals surface area contributed by atoms with E-state index in [1.54, 1.807) is 30.0 Å². The summed E-state index contributed by atoms with van der Waals surface area (Å²) in [6, 6.07) is 3.98. The van der Waals surface area contributed by atoms with Crippen LogP contribution in [0.25, 0.3) is 0 Å². The Morgan fingerprint density at radius 2 is 2.04 bits per heavy atom. The SMILES string of the molecule is COC(=O)[C@H](CCSC)NC(=O)Nc1ccc2c(c1)OCCO2. The van der Waals surface area contributed by atoms with Gasteiger partial charge in [-0.15, -0.1) is 0 Å². The first-order chi connectivity index (χ1) is 11.1. The van der Waals surface area contributed by atoms with E-state index in [2.05, 4.69) is 10.6 Å². The summed E-state index contributed by atoms with van der Waals surface area (Å²) < 4.78 is 15.6. The van der Waals surface area contributed by atoms with Gasteiger partial charge < -0.3 is 24.8 Å². The molecular weight excluding hydrogens is 320 g/mol. The maximum Gasteiger partial charge on any atom is 0.328 e. The minimum absolute atomic E-state index is 0.462. The molecule has 0 spiro atoms. The van der Waals surface area contributed by atoms with Crippen molar-refractivity contribution < 1.29 is 23.8 Å². The van der Waals surface area contributed by atoms with E-state index in [9.17, 15) is 9.59 Å². The Morgan fingerprint density at radius 1 is 1.30 bits per heavy atom. The molecule has 126 valence electrons. The Kier molecular flexibility index (Phi) is 6.40. The maximum absolute atomic E-state index is 12.1. The van der Waals surface area contributed by atoms with Gasteiger partial charge in [-0.25, -0.2) is 9.59 Å². The monoisotopic (exact) mass is 340 g/mol. The van der Waals surface area contributed by atoms with Crippen LogP contribution in [-0.2, 0) is 9.53 Å². The molecule has 0 fully saturated rings. The van der Waals surface area contributed by atoms with Gasteiger partial charge in [0.05, 0.1) is 7.11 Å². The molecule has 0 aliphatic carbocycles. The number of nitrogens with one attached hydrogen (secondary N) is 2. The molecule has 1 aliphatic rings. The molecule has 1 atom stereocenters. The first kappa shape index (κ1) is 17.3. The number of methoxy groups -OCH3 is 1. The van der Waals surface area contributed by atoms with Crippen LogP contribution in [0.2, 0.25) is 0 Å². The maximum atomic E-state index is 12.1. The number of rotatable bonds is 6. The predicted octanol–water partition coefficient (Wildman–Crippen LogP) is 1.87. The van der Waals surface area contributed by atoms with Crippen LogP contribution < -0.4 is 20.1 Å². The fourth-order valence-corrected chi connectivity index (χ4v) is 2.54. The summed E-state index contributed by atoms with van der Waals surface area (Å²) in [6.45, 7) is 0.984. The first-order valence-electron chi connectivity index (χ1n) is 7.18. The van der Waals surface area contributed by atoms with Gasteiger partial charge in [0.25, 0.3) is 0 Å². The number of carbonyl (C=O) groups excluding carboxylic acids is 2. The number of anilines is 1. The topological polar surface area (TPSA) is 85.9 Å². The largest absolute Gasteiger partial charge is 0.486 e. The Labute approximate surface area is 139 Å². The predicted molar refractivity (Wildman–Crippen MR) is 88.4 cm³/mol. The molecule has 0 aromatic heterocycles. The lowest BCUT2D eigenvalue weighted by molar-refractivity contribution is -0.142. The van der Waals surface area contributed by atoms with Crippen molar-refractivity contribution in [2.24, 2.45) is 0 Å². The van der Waals surface area contributed by atoms with Gasteiger partial charge in [-0.1, -0.05) is 0 Å². The molecule has 0 bridgehead atoms. The zero-order chi connectivity index (χ0) is 16.7. The number of carbonyl (C=O) groups is 2. The molecule has 2 rings (SSSR count). The highest BCUT2D eigenvalue weighted by molar-refractivity contribution is 7.98. The highest BCUT2D eigenvalue weighted by Gasteiger charge is 2.21. The van der Waals surface area contributed by atoms with Crippen molar-refractivity contribution in [1.29, 1.82) is 0 Å². The van der Waals surface area contributed by atoms with Crippen molar-refractivity contribution in [2.45, 2.75) is 12.5 Å². The van der Waals surface area contributed by atoms with Gasteiger partial charge in [-0.3, -0.25) is 0 Å². The number of hydrogen-bond donors (Lipinski definition) is 2. The zero-order valence-electron chi connectivity index (χ0n) is 13.1. The van der Waals surface area contributed by atoms with E-state index in [0.29, 0.717) is 36.8 Å². The number of fused-ring (bicyclic) bond motifs is 1. The molecule has 1 aromatic carbocycles. The Bertz CT molecular complexity index is 567. The number of thioether (sulfide) groups is 1. The lowest BCUT2D eigenvalue weighted by atomic mass is 10.2. The molecule has 1 aliphatic heterocycles. The molecule has 23 heavy (non-hydrogen) atoms. The van der Waals surface area contributed by atoms with Crippen LogP contribution in [-0.4, -0.2) is 50.4 Å². The lowest BCUT2D eigenvalue weighted by Crippen LogP contribution is -2.44. The van der Waals surface area contributed by atoms with Gasteiger partial charge in [0.2, 0.25) is 0 Å². The number of amides is 2. The van der Waals surface area contributed by atoms with Crippen LogP contribution in [0.3, 0.4) is 0 Å². The van der Waals surface area contributed by atoms with Gasteiger partial charge in [0.15, 0.2) is 11.5 Å². The standard InChI is InChI=1S/C15H20N2O5S/c1-20-14(18)11(5-8-23-2)17-15(19)16-10-3-4-12-13(9-10)22-7-6-21-12/h3-4,9,11H,5-8H2,1-2H3,(H2,16,17,19)/t11-/m0/s1. The van der Waals surface area contributed by atoms with E-state index in [4.69, 9.17) is 14.2 Å². The van der Waals surface area contributed by atoms with E-state index < -0.39 is 18.0 Å². The second-order valence-corrected chi connectivity index (χ2v) is 5.80. The molecule has 1 heterocycles. The minimum Gasteiger partial charge on any atom is -0.486 e. The van der Waals surface area contributed by atoms with E-state index in [1.165, 1.54) is 7.11 Å². The van der Waals surface area contributed by atoms with E-state index in [-0.39, 0.29) is 0 Å². The third-order valence-electron chi connectivity index (χ3n) is 3.20. The van der Waals surface area contributed by atoms with E-state index in [1.807, 2.05) is 6.26 Å². The third kappa shape index (κ3) is 4.95. The van der Waals surface area contributed by atoms with Crippen molar-refractivity contribution in [3.8, 4) is 11.5 Å². The summed E-state index contributed by atoms with van der Waals surface area (Å²) >= 11 is 1.59. The van der Waals surface area contributed by atoms with Crippen molar-refractivity contribution >= 4 is 29.4 Å². The van der Waals surface area contributed by atoms with Crippen LogP contribution in [0.4, 0.5) is 10.5 Å². The molecule has 7 nitrogen and oxygen atoms in total. The molecular formula is C15H20N2O5S. The first-order valence-corrected chi connectivity index (χ1v) is 8.57. The fraction of sp³-hybridized carbons (Fsp3) is 0.467. The summed E-state index contributed by atoms with van der Waals surface area (Å²) in [5, 5.41) is 5.30. The highest BCUT2D eigenvalue weighted by Crippen LogP contribution is 2.32. The smallest absolute Gasteiger partial charge is 0.328 e. The number of esters is 1. The summed E-state index contributed by atoms with van der Waals surface area (Å²) in [5.41, 5.74) is 0.556. The van der Waals surface area contributed by atoms with Crippen LogP contribution in [0.1, 0.15) is 6.42 Å². The van der Waals surface area contributed by atoms with Crippen molar-refractivity contribution in [3.63, 3.8) is 0 Å². The van der Waals surface area contributed by atoms with Gasteiger partial charge in [-0.05, 0) is 30.6 Å². The Balaban J connectivity index is 1.95. The van der Waals surface area contributed by atoms with E-state index >= 15 is 0 Å². The summed E-state index contributed by atoms with van der Waals surface area (Å²) in [7, 11) is 1.30. The minimum atomic E-state index is -0.676. The second kappa shape index (κ2) is 8.52. The second-order valence-electron chi connectivity index (χ2n) is 4.81.